The molecule has 0 radical (unpaired) electrons. The topological polar surface area (TPSA) is 39.6 Å². The summed E-state index contributed by atoms with van der Waals surface area (Å²) in [4.78, 5) is 9.10. The molecule has 0 saturated heterocycles. The zero-order valence-corrected chi connectivity index (χ0v) is 18.5. The molecule has 3 rings (SSSR count). The first-order valence-electron chi connectivity index (χ1n) is 10.9. The van der Waals surface area contributed by atoms with Gasteiger partial charge in [0.2, 0.25) is 0 Å². The van der Waals surface area contributed by atoms with Crippen molar-refractivity contribution >= 4 is 11.4 Å². The number of aromatic nitrogens is 1. The Morgan fingerprint density at radius 3 is 1.43 bits per heavy atom. The zero-order valence-electron chi connectivity index (χ0n) is 18.5. The van der Waals surface area contributed by atoms with Gasteiger partial charge in [-0.15, -0.1) is 0 Å². The van der Waals surface area contributed by atoms with E-state index in [2.05, 4.69) is 66.7 Å². The van der Waals surface area contributed by atoms with Crippen molar-refractivity contribution in [3.63, 3.8) is 0 Å². The fourth-order valence-electron chi connectivity index (χ4n) is 4.04. The summed E-state index contributed by atoms with van der Waals surface area (Å²) in [6.45, 7) is 12.4. The molecule has 0 fully saturated rings. The Hall–Kier alpha value is -2.85. The summed E-state index contributed by atoms with van der Waals surface area (Å²) in [5, 5.41) is 12.0. The number of anilines is 2. The Morgan fingerprint density at radius 2 is 1.10 bits per heavy atom. The van der Waals surface area contributed by atoms with E-state index in [0.29, 0.717) is 5.69 Å². The van der Waals surface area contributed by atoms with Crippen molar-refractivity contribution in [1.82, 2.24) is 4.98 Å². The Kier molecular flexibility index (Phi) is 7.11. The summed E-state index contributed by atoms with van der Waals surface area (Å²) in [6, 6.07) is 22.1. The van der Waals surface area contributed by atoms with Crippen LogP contribution in [0.2, 0.25) is 0 Å². The lowest BCUT2D eigenvalue weighted by molar-refractivity contribution is 0.121. The van der Waals surface area contributed by atoms with Crippen molar-refractivity contribution in [3.8, 4) is 0 Å². The standard InChI is InChI=1S/C26H33N3O/c1-5-28(6-2)23-16-12-21(13-17-23)26(30,25-11-9-10-20-27-25)22-14-18-24(19-15-22)29(7-3)8-4/h9-20,30H,5-8H2,1-4H3. The third-order valence-corrected chi connectivity index (χ3v) is 5.86. The molecule has 2 aromatic carbocycles. The van der Waals surface area contributed by atoms with E-state index in [-0.39, 0.29) is 0 Å². The molecule has 0 saturated carbocycles. The van der Waals surface area contributed by atoms with Gasteiger partial charge < -0.3 is 14.9 Å². The molecule has 1 aromatic heterocycles. The highest BCUT2D eigenvalue weighted by atomic mass is 16.3. The first-order chi connectivity index (χ1) is 14.6. The van der Waals surface area contributed by atoms with E-state index in [4.69, 9.17) is 0 Å². The van der Waals surface area contributed by atoms with Crippen molar-refractivity contribution in [1.29, 1.82) is 0 Å². The van der Waals surface area contributed by atoms with Gasteiger partial charge in [-0.05, 0) is 75.2 Å². The lowest BCUT2D eigenvalue weighted by Crippen LogP contribution is -2.30. The lowest BCUT2D eigenvalue weighted by Gasteiger charge is -2.30. The third kappa shape index (κ3) is 4.19. The second kappa shape index (κ2) is 9.77. The molecular formula is C26H33N3O. The van der Waals surface area contributed by atoms with Crippen molar-refractivity contribution < 1.29 is 5.11 Å². The van der Waals surface area contributed by atoms with Gasteiger partial charge in [-0.1, -0.05) is 30.3 Å². The number of pyridine rings is 1. The molecule has 1 N–H and O–H groups in total. The summed E-state index contributed by atoms with van der Waals surface area (Å²) < 4.78 is 0. The fraction of sp³-hybridized carbons (Fsp3) is 0.346. The number of aliphatic hydroxyl groups is 1. The fourth-order valence-corrected chi connectivity index (χ4v) is 4.04. The van der Waals surface area contributed by atoms with Crippen molar-refractivity contribution in [2.45, 2.75) is 33.3 Å². The van der Waals surface area contributed by atoms with Gasteiger partial charge in [0.1, 0.15) is 0 Å². The SMILES string of the molecule is CCN(CC)c1ccc(C(O)(c2ccc(N(CC)CC)cc2)c2ccccn2)cc1. The van der Waals surface area contributed by atoms with E-state index < -0.39 is 5.60 Å². The van der Waals surface area contributed by atoms with E-state index in [9.17, 15) is 5.11 Å². The Balaban J connectivity index is 2.07. The molecule has 0 bridgehead atoms. The highest BCUT2D eigenvalue weighted by Gasteiger charge is 2.35. The van der Waals surface area contributed by atoms with E-state index in [1.807, 2.05) is 42.5 Å². The summed E-state index contributed by atoms with van der Waals surface area (Å²) in [7, 11) is 0. The van der Waals surface area contributed by atoms with Crippen LogP contribution in [-0.2, 0) is 5.60 Å². The van der Waals surface area contributed by atoms with E-state index in [0.717, 1.165) is 48.7 Å². The van der Waals surface area contributed by atoms with Crippen LogP contribution in [0.15, 0.2) is 72.9 Å². The molecule has 4 heteroatoms. The quantitative estimate of drug-likeness (QED) is 0.542. The van der Waals surface area contributed by atoms with Gasteiger partial charge in [0.15, 0.2) is 5.60 Å². The predicted molar refractivity (Wildman–Crippen MR) is 126 cm³/mol. The zero-order chi connectivity index (χ0) is 21.6. The molecule has 4 nitrogen and oxygen atoms in total. The highest BCUT2D eigenvalue weighted by molar-refractivity contribution is 5.55. The maximum atomic E-state index is 12.0. The monoisotopic (exact) mass is 403 g/mol. The van der Waals surface area contributed by atoms with Crippen LogP contribution in [0.25, 0.3) is 0 Å². The van der Waals surface area contributed by atoms with Crippen molar-refractivity contribution in [2.75, 3.05) is 36.0 Å². The number of hydrogen-bond acceptors (Lipinski definition) is 4. The normalized spacial score (nSPS) is 11.4. The minimum atomic E-state index is -1.31. The van der Waals surface area contributed by atoms with Crippen molar-refractivity contribution in [2.24, 2.45) is 0 Å². The number of benzene rings is 2. The van der Waals surface area contributed by atoms with Crippen LogP contribution in [0.3, 0.4) is 0 Å². The molecule has 0 aliphatic carbocycles. The molecule has 30 heavy (non-hydrogen) atoms. The average molecular weight is 404 g/mol. The minimum Gasteiger partial charge on any atom is -0.374 e. The first kappa shape index (κ1) is 21.8. The summed E-state index contributed by atoms with van der Waals surface area (Å²) >= 11 is 0. The molecule has 3 aromatic rings. The van der Waals surface area contributed by atoms with Crippen LogP contribution in [0.1, 0.15) is 44.5 Å². The van der Waals surface area contributed by atoms with E-state index >= 15 is 0 Å². The van der Waals surface area contributed by atoms with Crippen LogP contribution in [0, 0.1) is 0 Å². The van der Waals surface area contributed by atoms with Gasteiger partial charge in [0, 0.05) is 43.8 Å². The largest absolute Gasteiger partial charge is 0.374 e. The van der Waals surface area contributed by atoms with Crippen LogP contribution >= 0.6 is 0 Å². The maximum Gasteiger partial charge on any atom is 0.157 e. The first-order valence-corrected chi connectivity index (χ1v) is 10.9. The predicted octanol–water partition coefficient (Wildman–Crippen LogP) is 5.06. The molecular weight excluding hydrogens is 370 g/mol. The van der Waals surface area contributed by atoms with Crippen LogP contribution in [0.5, 0.6) is 0 Å². The third-order valence-electron chi connectivity index (χ3n) is 5.86. The number of nitrogens with zero attached hydrogens (tertiary/aromatic N) is 3. The molecule has 0 spiro atoms. The second-order valence-corrected chi connectivity index (χ2v) is 7.36. The van der Waals surface area contributed by atoms with Gasteiger partial charge >= 0.3 is 0 Å². The molecule has 0 aliphatic heterocycles. The van der Waals surface area contributed by atoms with Gasteiger partial charge in [-0.25, -0.2) is 0 Å². The summed E-state index contributed by atoms with van der Waals surface area (Å²) in [6.07, 6.45) is 1.73. The summed E-state index contributed by atoms with van der Waals surface area (Å²) in [5.74, 6) is 0. The van der Waals surface area contributed by atoms with Crippen molar-refractivity contribution in [3.05, 3.63) is 89.7 Å². The highest BCUT2D eigenvalue weighted by Crippen LogP contribution is 2.37. The maximum absolute atomic E-state index is 12.0. The number of rotatable bonds is 9. The van der Waals surface area contributed by atoms with Crippen LogP contribution in [0.4, 0.5) is 11.4 Å². The molecule has 1 heterocycles. The Labute approximate surface area is 180 Å². The van der Waals surface area contributed by atoms with Gasteiger partial charge in [-0.3, -0.25) is 4.98 Å². The molecule has 0 unspecified atom stereocenters. The summed E-state index contributed by atoms with van der Waals surface area (Å²) in [5.41, 5.74) is 3.25. The van der Waals surface area contributed by atoms with Gasteiger partial charge in [0.25, 0.3) is 0 Å². The Bertz CT molecular complexity index is 844. The Morgan fingerprint density at radius 1 is 0.667 bits per heavy atom. The van der Waals surface area contributed by atoms with E-state index in [1.54, 1.807) is 6.20 Å². The van der Waals surface area contributed by atoms with E-state index in [1.165, 1.54) is 0 Å². The average Bonchev–Trinajstić information content (AvgIpc) is 2.81. The lowest BCUT2D eigenvalue weighted by atomic mass is 9.83. The smallest absolute Gasteiger partial charge is 0.157 e. The van der Waals surface area contributed by atoms with Crippen LogP contribution in [-0.4, -0.2) is 36.3 Å². The van der Waals surface area contributed by atoms with Crippen LogP contribution < -0.4 is 9.80 Å². The minimum absolute atomic E-state index is 0.621. The van der Waals surface area contributed by atoms with Gasteiger partial charge in [0.05, 0.1) is 5.69 Å². The molecule has 0 aliphatic rings. The number of hydrogen-bond donors (Lipinski definition) is 1. The molecule has 158 valence electrons. The molecule has 0 amide bonds. The van der Waals surface area contributed by atoms with Gasteiger partial charge in [-0.2, -0.15) is 0 Å². The second-order valence-electron chi connectivity index (χ2n) is 7.36. The molecule has 0 atom stereocenters.